The van der Waals surface area contributed by atoms with Crippen LogP contribution >= 0.6 is 11.8 Å². The molecule has 1 unspecified atom stereocenters. The molecule has 4 amide bonds. The lowest BCUT2D eigenvalue weighted by molar-refractivity contribution is -0.134. The molecule has 0 saturated carbocycles. The van der Waals surface area contributed by atoms with E-state index in [9.17, 15) is 14.4 Å². The van der Waals surface area contributed by atoms with Gasteiger partial charge in [-0.05, 0) is 31.2 Å². The van der Waals surface area contributed by atoms with E-state index in [0.717, 1.165) is 15.2 Å². The first-order valence-electron chi connectivity index (χ1n) is 9.44. The topological polar surface area (TPSA) is 115 Å². The molecule has 8 nitrogen and oxygen atoms in total. The molecule has 156 valence electrons. The quantitative estimate of drug-likeness (QED) is 0.453. The van der Waals surface area contributed by atoms with Crippen LogP contribution in [0.1, 0.15) is 12.7 Å². The van der Waals surface area contributed by atoms with Crippen LogP contribution in [0, 0.1) is 11.3 Å². The molecule has 1 fully saturated rings. The summed E-state index contributed by atoms with van der Waals surface area (Å²) in [5.41, 5.74) is -0.292. The summed E-state index contributed by atoms with van der Waals surface area (Å²) >= 11 is 1.28. The predicted molar refractivity (Wildman–Crippen MR) is 115 cm³/mol. The number of carbonyl (C=O) groups is 3. The summed E-state index contributed by atoms with van der Waals surface area (Å²) in [6.07, 6.45) is 0. The van der Waals surface area contributed by atoms with E-state index in [-0.39, 0.29) is 5.75 Å². The zero-order valence-electron chi connectivity index (χ0n) is 16.5. The Morgan fingerprint density at radius 2 is 1.97 bits per heavy atom. The molecule has 1 atom stereocenters. The lowest BCUT2D eigenvalue weighted by Crippen LogP contribution is -2.41. The number of imide groups is 1. The molecule has 0 radical (unpaired) electrons. The van der Waals surface area contributed by atoms with Crippen LogP contribution in [0.4, 0.5) is 10.5 Å². The number of nitriles is 1. The second kappa shape index (κ2) is 8.16. The molecule has 9 heteroatoms. The highest BCUT2D eigenvalue weighted by molar-refractivity contribution is 7.99. The van der Waals surface area contributed by atoms with Gasteiger partial charge >= 0.3 is 6.03 Å². The molecule has 0 aliphatic carbocycles. The maximum Gasteiger partial charge on any atom is 0.325 e. The predicted octanol–water partition coefficient (Wildman–Crippen LogP) is 3.45. The van der Waals surface area contributed by atoms with Crippen molar-refractivity contribution in [3.05, 3.63) is 60.4 Å². The van der Waals surface area contributed by atoms with E-state index in [1.54, 1.807) is 43.3 Å². The van der Waals surface area contributed by atoms with E-state index in [1.165, 1.54) is 11.8 Å². The van der Waals surface area contributed by atoms with Gasteiger partial charge in [-0.3, -0.25) is 14.5 Å². The van der Waals surface area contributed by atoms with Crippen LogP contribution in [0.15, 0.2) is 63.9 Å². The Morgan fingerprint density at radius 3 is 2.74 bits per heavy atom. The number of benzene rings is 2. The van der Waals surface area contributed by atoms with Gasteiger partial charge in [0.1, 0.15) is 17.9 Å². The number of hydrogen-bond donors (Lipinski definition) is 2. The Labute approximate surface area is 182 Å². The number of nitrogens with zero attached hydrogens (tertiary/aromatic N) is 2. The third kappa shape index (κ3) is 3.85. The van der Waals surface area contributed by atoms with Gasteiger partial charge in [0, 0.05) is 10.3 Å². The Balaban J connectivity index is 1.51. The number of furan rings is 1. The molecule has 0 spiro atoms. The number of rotatable bonds is 6. The molecule has 2 heterocycles. The summed E-state index contributed by atoms with van der Waals surface area (Å²) in [5, 5.41) is 14.9. The van der Waals surface area contributed by atoms with Crippen molar-refractivity contribution in [2.75, 3.05) is 17.6 Å². The highest BCUT2D eigenvalue weighted by Crippen LogP contribution is 2.33. The van der Waals surface area contributed by atoms with Crippen LogP contribution in [0.2, 0.25) is 0 Å². The molecule has 31 heavy (non-hydrogen) atoms. The summed E-state index contributed by atoms with van der Waals surface area (Å²) in [7, 11) is 0. The van der Waals surface area contributed by atoms with E-state index in [1.807, 2.05) is 24.3 Å². The van der Waals surface area contributed by atoms with Gasteiger partial charge in [0.15, 0.2) is 5.54 Å². The van der Waals surface area contributed by atoms with Crippen molar-refractivity contribution >= 4 is 46.3 Å². The molecular formula is C22H18N4O4S. The lowest BCUT2D eigenvalue weighted by Gasteiger charge is -2.19. The van der Waals surface area contributed by atoms with Crippen molar-refractivity contribution in [1.29, 1.82) is 5.26 Å². The monoisotopic (exact) mass is 434 g/mol. The van der Waals surface area contributed by atoms with Gasteiger partial charge in [-0.1, -0.05) is 30.3 Å². The van der Waals surface area contributed by atoms with Gasteiger partial charge in [0.25, 0.3) is 5.91 Å². The van der Waals surface area contributed by atoms with Crippen LogP contribution in [-0.4, -0.2) is 35.0 Å². The maximum absolute atomic E-state index is 13.1. The van der Waals surface area contributed by atoms with Crippen molar-refractivity contribution in [3.8, 4) is 6.07 Å². The van der Waals surface area contributed by atoms with E-state index >= 15 is 0 Å². The van der Waals surface area contributed by atoms with E-state index in [4.69, 9.17) is 9.68 Å². The fraction of sp³-hybridized carbons (Fsp3) is 0.182. The highest BCUT2D eigenvalue weighted by atomic mass is 32.2. The van der Waals surface area contributed by atoms with Gasteiger partial charge < -0.3 is 15.1 Å². The van der Waals surface area contributed by atoms with Crippen LogP contribution in [-0.2, 0) is 15.1 Å². The molecule has 4 rings (SSSR count). The molecule has 1 aromatic heterocycles. The second-order valence-electron chi connectivity index (χ2n) is 7.09. The maximum atomic E-state index is 13.1. The van der Waals surface area contributed by atoms with Crippen molar-refractivity contribution < 1.29 is 18.8 Å². The molecule has 2 N–H and O–H groups in total. The standard InChI is InChI=1S/C22H18N4O4S/c1-22(18-12-14-6-2-4-8-16(14)30-18)20(28)26(21(29)25-22)13-19(27)24-15-7-3-5-9-17(15)31-11-10-23/h2-9,12H,11,13H2,1H3,(H,24,27)(H,25,29). The Hall–Kier alpha value is -3.77. The first-order chi connectivity index (χ1) is 14.9. The second-order valence-corrected chi connectivity index (χ2v) is 8.10. The van der Waals surface area contributed by atoms with Crippen LogP contribution in [0.5, 0.6) is 0 Å². The molecule has 0 bridgehead atoms. The van der Waals surface area contributed by atoms with Crippen LogP contribution in [0.25, 0.3) is 11.0 Å². The summed E-state index contributed by atoms with van der Waals surface area (Å²) in [4.78, 5) is 39.8. The fourth-order valence-electron chi connectivity index (χ4n) is 3.37. The number of carbonyl (C=O) groups excluding carboxylic acids is 3. The molecule has 1 aliphatic rings. The van der Waals surface area contributed by atoms with Gasteiger partial charge in [0.2, 0.25) is 5.91 Å². The summed E-state index contributed by atoms with van der Waals surface area (Å²) in [6, 6.07) is 17.4. The SMILES string of the molecule is CC1(c2cc3ccccc3o2)NC(=O)N(CC(=O)Nc2ccccc2SCC#N)C1=O. The molecule has 2 aromatic carbocycles. The van der Waals surface area contributed by atoms with E-state index in [0.29, 0.717) is 17.0 Å². The van der Waals surface area contributed by atoms with Gasteiger partial charge in [0.05, 0.1) is 17.5 Å². The molecular weight excluding hydrogens is 416 g/mol. The number of amides is 4. The number of anilines is 1. The van der Waals surface area contributed by atoms with Gasteiger partial charge in [-0.15, -0.1) is 11.8 Å². The zero-order valence-corrected chi connectivity index (χ0v) is 17.4. The minimum atomic E-state index is -1.41. The third-order valence-electron chi connectivity index (χ3n) is 4.95. The average molecular weight is 434 g/mol. The normalized spacial score (nSPS) is 18.1. The Morgan fingerprint density at radius 1 is 1.23 bits per heavy atom. The summed E-state index contributed by atoms with van der Waals surface area (Å²) < 4.78 is 5.78. The van der Waals surface area contributed by atoms with Crippen molar-refractivity contribution in [2.24, 2.45) is 0 Å². The average Bonchev–Trinajstić information content (AvgIpc) is 3.29. The zero-order chi connectivity index (χ0) is 22.0. The summed E-state index contributed by atoms with van der Waals surface area (Å²) in [6.45, 7) is 1.11. The van der Waals surface area contributed by atoms with Gasteiger partial charge in [-0.25, -0.2) is 4.79 Å². The third-order valence-corrected chi connectivity index (χ3v) is 5.89. The Kier molecular flexibility index (Phi) is 5.40. The number of hydrogen-bond acceptors (Lipinski definition) is 6. The largest absolute Gasteiger partial charge is 0.458 e. The number of nitrogens with one attached hydrogen (secondary N) is 2. The fourth-order valence-corrected chi connectivity index (χ4v) is 4.04. The molecule has 1 aliphatic heterocycles. The van der Waals surface area contributed by atoms with Crippen molar-refractivity contribution in [3.63, 3.8) is 0 Å². The molecule has 1 saturated heterocycles. The lowest BCUT2D eigenvalue weighted by atomic mass is 9.99. The Bertz CT molecular complexity index is 1200. The number of para-hydroxylation sites is 2. The smallest absolute Gasteiger partial charge is 0.325 e. The van der Waals surface area contributed by atoms with Crippen molar-refractivity contribution in [2.45, 2.75) is 17.4 Å². The van der Waals surface area contributed by atoms with Crippen molar-refractivity contribution in [1.82, 2.24) is 10.2 Å². The molecule has 3 aromatic rings. The van der Waals surface area contributed by atoms with E-state index in [2.05, 4.69) is 10.6 Å². The van der Waals surface area contributed by atoms with Gasteiger partial charge in [-0.2, -0.15) is 5.26 Å². The number of fused-ring (bicyclic) bond motifs is 1. The highest BCUT2D eigenvalue weighted by Gasteiger charge is 2.51. The number of urea groups is 1. The van der Waals surface area contributed by atoms with E-state index < -0.39 is 29.9 Å². The minimum Gasteiger partial charge on any atom is -0.458 e. The summed E-state index contributed by atoms with van der Waals surface area (Å²) in [5.74, 6) is -0.565. The van der Waals surface area contributed by atoms with Crippen LogP contribution in [0.3, 0.4) is 0 Å². The minimum absolute atomic E-state index is 0.232. The number of thioether (sulfide) groups is 1. The first-order valence-corrected chi connectivity index (χ1v) is 10.4. The van der Waals surface area contributed by atoms with Crippen LogP contribution < -0.4 is 10.6 Å². The first kappa shape index (κ1) is 20.5.